The Bertz CT molecular complexity index is 1420. The molecule has 33 heavy (non-hydrogen) atoms. The van der Waals surface area contributed by atoms with Crippen molar-refractivity contribution >= 4 is 40.4 Å². The molecule has 0 fully saturated rings. The number of hydrogen-bond acceptors (Lipinski definition) is 3. The molecule has 4 nitrogen and oxygen atoms in total. The predicted molar refractivity (Wildman–Crippen MR) is 133 cm³/mol. The van der Waals surface area contributed by atoms with Crippen molar-refractivity contribution in [3.05, 3.63) is 112 Å². The lowest BCUT2D eigenvalue weighted by Crippen LogP contribution is -2.31. The monoisotopic (exact) mass is 451 g/mol. The van der Waals surface area contributed by atoms with Crippen LogP contribution in [0.2, 0.25) is 5.02 Å². The second-order valence-electron chi connectivity index (χ2n) is 8.61. The van der Waals surface area contributed by atoms with Crippen LogP contribution in [0, 0.1) is 0 Å². The van der Waals surface area contributed by atoms with E-state index in [0.717, 1.165) is 45.8 Å². The summed E-state index contributed by atoms with van der Waals surface area (Å²) < 4.78 is 2.15. The summed E-state index contributed by atoms with van der Waals surface area (Å²) in [6, 6.07) is 25.9. The van der Waals surface area contributed by atoms with Gasteiger partial charge in [-0.1, -0.05) is 78.4 Å². The number of carbonyl (C=O) groups is 1. The van der Waals surface area contributed by atoms with Crippen LogP contribution >= 0.6 is 11.6 Å². The standard InChI is InChI=1S/C28H22ClN3O/c29-21-13-11-19(12-14-21)20-16-23-27(26(33)17-20)25(15-10-18-6-2-1-3-7-18)32-24-9-5-4-8-22(24)30-28(32)31-23/h1-15,20,25H,16-17H2,(H,30,31)/b15-10+. The van der Waals surface area contributed by atoms with Crippen molar-refractivity contribution in [2.75, 3.05) is 5.32 Å². The molecule has 4 aromatic rings. The molecule has 2 heterocycles. The lowest BCUT2D eigenvalue weighted by Gasteiger charge is -2.35. The Hall–Kier alpha value is -3.63. The Labute approximate surface area is 197 Å². The Balaban J connectivity index is 1.46. The van der Waals surface area contributed by atoms with Crippen molar-refractivity contribution in [2.45, 2.75) is 24.8 Å². The number of ketones is 1. The van der Waals surface area contributed by atoms with Crippen molar-refractivity contribution < 1.29 is 4.79 Å². The Kier molecular flexibility index (Phi) is 4.88. The van der Waals surface area contributed by atoms with E-state index in [1.54, 1.807) is 0 Å². The van der Waals surface area contributed by atoms with Crippen molar-refractivity contribution in [2.24, 2.45) is 0 Å². The minimum atomic E-state index is -0.206. The lowest BCUT2D eigenvalue weighted by molar-refractivity contribution is -0.116. The normalized spacial score (nSPS) is 20.1. The van der Waals surface area contributed by atoms with Crippen LogP contribution in [0.15, 0.2) is 96.2 Å². The number of fused-ring (bicyclic) bond motifs is 3. The van der Waals surface area contributed by atoms with Gasteiger partial charge in [-0.05, 0) is 47.7 Å². The number of Topliss-reactive ketones (excluding diaryl/α,β-unsaturated/α-hetero) is 1. The second kappa shape index (κ2) is 8.05. The van der Waals surface area contributed by atoms with Crippen LogP contribution in [0.1, 0.15) is 35.9 Å². The highest BCUT2D eigenvalue weighted by Gasteiger charge is 2.37. The number of carbonyl (C=O) groups excluding carboxylic acids is 1. The minimum Gasteiger partial charge on any atom is -0.329 e. The van der Waals surface area contributed by atoms with Crippen molar-refractivity contribution in [1.82, 2.24) is 9.55 Å². The quantitative estimate of drug-likeness (QED) is 0.374. The molecule has 1 aliphatic carbocycles. The first-order valence-corrected chi connectivity index (χ1v) is 11.5. The summed E-state index contributed by atoms with van der Waals surface area (Å²) >= 11 is 6.08. The van der Waals surface area contributed by atoms with Crippen LogP contribution in [-0.2, 0) is 4.79 Å². The lowest BCUT2D eigenvalue weighted by atomic mass is 9.79. The van der Waals surface area contributed by atoms with E-state index in [2.05, 4.69) is 40.2 Å². The first-order chi connectivity index (χ1) is 16.2. The summed E-state index contributed by atoms with van der Waals surface area (Å²) in [6.07, 6.45) is 5.47. The fourth-order valence-corrected chi connectivity index (χ4v) is 5.12. The highest BCUT2D eigenvalue weighted by Crippen LogP contribution is 2.44. The molecule has 0 bridgehead atoms. The predicted octanol–water partition coefficient (Wildman–Crippen LogP) is 6.77. The van der Waals surface area contributed by atoms with Crippen LogP contribution in [0.4, 0.5) is 5.95 Å². The number of para-hydroxylation sites is 2. The van der Waals surface area contributed by atoms with Crippen LogP contribution in [0.5, 0.6) is 0 Å². The molecule has 0 amide bonds. The molecular weight excluding hydrogens is 430 g/mol. The molecule has 0 radical (unpaired) electrons. The maximum atomic E-state index is 13.6. The van der Waals surface area contributed by atoms with Crippen LogP contribution < -0.4 is 5.32 Å². The van der Waals surface area contributed by atoms with Gasteiger partial charge >= 0.3 is 0 Å². The molecule has 1 N–H and O–H groups in total. The molecule has 2 atom stereocenters. The number of benzene rings is 3. The van der Waals surface area contributed by atoms with E-state index < -0.39 is 0 Å². The molecule has 1 aromatic heterocycles. The van der Waals surface area contributed by atoms with Crippen LogP contribution in [-0.4, -0.2) is 15.3 Å². The van der Waals surface area contributed by atoms with Crippen molar-refractivity contribution in [1.29, 1.82) is 0 Å². The molecule has 2 unspecified atom stereocenters. The summed E-state index contributed by atoms with van der Waals surface area (Å²) in [5.41, 5.74) is 5.98. The highest BCUT2D eigenvalue weighted by molar-refractivity contribution is 6.30. The zero-order valence-corrected chi connectivity index (χ0v) is 18.7. The average Bonchev–Trinajstić information content (AvgIpc) is 3.21. The number of nitrogens with one attached hydrogen (secondary N) is 1. The van der Waals surface area contributed by atoms with Crippen molar-refractivity contribution in [3.63, 3.8) is 0 Å². The summed E-state index contributed by atoms with van der Waals surface area (Å²) in [4.78, 5) is 18.4. The third-order valence-electron chi connectivity index (χ3n) is 6.55. The zero-order valence-electron chi connectivity index (χ0n) is 17.9. The Morgan fingerprint density at radius 3 is 2.52 bits per heavy atom. The third-order valence-corrected chi connectivity index (χ3v) is 6.80. The summed E-state index contributed by atoms with van der Waals surface area (Å²) in [6.45, 7) is 0. The van der Waals surface area contributed by atoms with Gasteiger partial charge in [0.05, 0.1) is 17.1 Å². The van der Waals surface area contributed by atoms with Gasteiger partial charge in [-0.2, -0.15) is 0 Å². The minimum absolute atomic E-state index is 0.121. The smallest absolute Gasteiger partial charge is 0.209 e. The molecule has 0 spiro atoms. The summed E-state index contributed by atoms with van der Waals surface area (Å²) in [5, 5.41) is 4.21. The largest absolute Gasteiger partial charge is 0.329 e. The maximum Gasteiger partial charge on any atom is 0.209 e. The summed E-state index contributed by atoms with van der Waals surface area (Å²) in [5.74, 6) is 1.08. The van der Waals surface area contributed by atoms with E-state index in [4.69, 9.17) is 16.6 Å². The third kappa shape index (κ3) is 3.57. The number of aromatic nitrogens is 2. The molecule has 5 heteroatoms. The second-order valence-corrected chi connectivity index (χ2v) is 9.04. The van der Waals surface area contributed by atoms with Gasteiger partial charge in [0, 0.05) is 22.7 Å². The van der Waals surface area contributed by atoms with Gasteiger partial charge < -0.3 is 5.32 Å². The number of rotatable bonds is 3. The van der Waals surface area contributed by atoms with E-state index in [1.807, 2.05) is 60.7 Å². The molecule has 162 valence electrons. The molecule has 0 saturated heterocycles. The van der Waals surface area contributed by atoms with Crippen LogP contribution in [0.3, 0.4) is 0 Å². The Morgan fingerprint density at radius 1 is 0.939 bits per heavy atom. The van der Waals surface area contributed by atoms with Crippen molar-refractivity contribution in [3.8, 4) is 0 Å². The van der Waals surface area contributed by atoms with Gasteiger partial charge in [0.25, 0.3) is 0 Å². The zero-order chi connectivity index (χ0) is 22.4. The van der Waals surface area contributed by atoms with Gasteiger partial charge in [-0.25, -0.2) is 4.98 Å². The van der Waals surface area contributed by atoms with E-state index in [0.29, 0.717) is 11.4 Å². The van der Waals surface area contributed by atoms with Gasteiger partial charge in [-0.15, -0.1) is 0 Å². The highest BCUT2D eigenvalue weighted by atomic mass is 35.5. The number of nitrogens with zero attached hydrogens (tertiary/aromatic N) is 2. The van der Waals surface area contributed by atoms with Gasteiger partial charge in [0.15, 0.2) is 5.78 Å². The van der Waals surface area contributed by atoms with Gasteiger partial charge in [-0.3, -0.25) is 9.36 Å². The molecule has 0 saturated carbocycles. The van der Waals surface area contributed by atoms with Gasteiger partial charge in [0.2, 0.25) is 5.95 Å². The number of imidazole rings is 1. The molecule has 3 aromatic carbocycles. The first-order valence-electron chi connectivity index (χ1n) is 11.2. The van der Waals surface area contributed by atoms with Gasteiger partial charge in [0.1, 0.15) is 0 Å². The molecule has 1 aliphatic heterocycles. The summed E-state index contributed by atoms with van der Waals surface area (Å²) in [7, 11) is 0. The molecular formula is C28H22ClN3O. The topological polar surface area (TPSA) is 46.9 Å². The number of hydrogen-bond donors (Lipinski definition) is 1. The Morgan fingerprint density at radius 2 is 1.70 bits per heavy atom. The maximum absolute atomic E-state index is 13.6. The van der Waals surface area contributed by atoms with Crippen LogP contribution in [0.25, 0.3) is 17.1 Å². The van der Waals surface area contributed by atoms with E-state index >= 15 is 0 Å². The number of allylic oxidation sites excluding steroid dienone is 3. The fourth-order valence-electron chi connectivity index (χ4n) is 4.99. The van der Waals surface area contributed by atoms with E-state index in [9.17, 15) is 4.79 Å². The molecule has 2 aliphatic rings. The van der Waals surface area contributed by atoms with E-state index in [1.165, 1.54) is 0 Å². The number of anilines is 1. The molecule has 6 rings (SSSR count). The fraction of sp³-hybridized carbons (Fsp3) is 0.143. The first kappa shape index (κ1) is 20.0. The SMILES string of the molecule is O=C1CC(c2ccc(Cl)cc2)CC2=C1C(/C=C/c1ccccc1)n1c(nc3ccccc31)N2. The van der Waals surface area contributed by atoms with E-state index in [-0.39, 0.29) is 17.7 Å². The number of halogens is 1. The average molecular weight is 452 g/mol.